The number of rotatable bonds is 8. The first-order valence-corrected chi connectivity index (χ1v) is 15.2. The van der Waals surface area contributed by atoms with E-state index in [1.54, 1.807) is 41.6 Å². The van der Waals surface area contributed by atoms with E-state index in [-0.39, 0.29) is 16.9 Å². The number of thiazole rings is 1. The van der Waals surface area contributed by atoms with Crippen LogP contribution < -0.4 is 14.4 Å². The van der Waals surface area contributed by atoms with Crippen molar-refractivity contribution in [2.45, 2.75) is 49.5 Å². The fourth-order valence-electron chi connectivity index (χ4n) is 4.99. The summed E-state index contributed by atoms with van der Waals surface area (Å²) in [4.78, 5) is 20.4. The third-order valence-corrected chi connectivity index (χ3v) is 10.1. The largest absolute Gasteiger partial charge is 0.495 e. The minimum Gasteiger partial charge on any atom is -0.495 e. The number of carbonyl (C=O) groups is 1. The van der Waals surface area contributed by atoms with Gasteiger partial charge >= 0.3 is 0 Å². The molecule has 1 atom stereocenters. The Morgan fingerprint density at radius 1 is 1.03 bits per heavy atom. The lowest BCUT2D eigenvalue weighted by Gasteiger charge is -2.23. The highest BCUT2D eigenvalue weighted by atomic mass is 32.2. The average Bonchev–Trinajstić information content (AvgIpc) is 3.53. The molecule has 0 aliphatic carbocycles. The maximum absolute atomic E-state index is 13.8. The number of methoxy groups -OCH3 is 2. The standard InChI is InChI=1S/C27H33N3O6S2/c1-34-22-13-14-23(35-2)25-24(22)28-27(37-25)30(18-20-8-7-17-36-20)26(31)19-9-11-21(12-10-19)38(32,33)29-15-5-3-4-6-16-29/h9-14,20H,3-8,15-18H2,1-2H3. The summed E-state index contributed by atoms with van der Waals surface area (Å²) in [6, 6.07) is 9.84. The van der Waals surface area contributed by atoms with E-state index in [9.17, 15) is 13.2 Å². The molecule has 0 N–H and O–H groups in total. The van der Waals surface area contributed by atoms with Crippen LogP contribution in [0.5, 0.6) is 11.5 Å². The number of carbonyl (C=O) groups excluding carboxylic acids is 1. The Hall–Kier alpha value is -2.73. The number of amides is 1. The van der Waals surface area contributed by atoms with Crippen LogP contribution >= 0.6 is 11.3 Å². The summed E-state index contributed by atoms with van der Waals surface area (Å²) in [6.45, 7) is 2.07. The van der Waals surface area contributed by atoms with Gasteiger partial charge in [0.2, 0.25) is 10.0 Å². The Balaban J connectivity index is 1.47. The second-order valence-corrected chi connectivity index (χ2v) is 12.5. The van der Waals surface area contributed by atoms with Crippen LogP contribution in [0.2, 0.25) is 0 Å². The summed E-state index contributed by atoms with van der Waals surface area (Å²) < 4.78 is 45.6. The molecular weight excluding hydrogens is 526 g/mol. The van der Waals surface area contributed by atoms with Gasteiger partial charge in [0.25, 0.3) is 5.91 Å². The molecule has 2 fully saturated rings. The highest BCUT2D eigenvalue weighted by Gasteiger charge is 2.29. The molecule has 0 radical (unpaired) electrons. The molecule has 2 aliphatic heterocycles. The zero-order chi connectivity index (χ0) is 26.7. The Morgan fingerprint density at radius 2 is 1.71 bits per heavy atom. The molecule has 0 bridgehead atoms. The number of fused-ring (bicyclic) bond motifs is 1. The minimum absolute atomic E-state index is 0.0996. The van der Waals surface area contributed by atoms with Crippen LogP contribution in [0.25, 0.3) is 10.2 Å². The second kappa shape index (κ2) is 11.6. The van der Waals surface area contributed by atoms with Crippen molar-refractivity contribution < 1.29 is 27.4 Å². The lowest BCUT2D eigenvalue weighted by Crippen LogP contribution is -2.37. The van der Waals surface area contributed by atoms with Crippen LogP contribution in [-0.2, 0) is 14.8 Å². The number of sulfonamides is 1. The molecule has 9 nitrogen and oxygen atoms in total. The molecule has 0 spiro atoms. The fourth-order valence-corrected chi connectivity index (χ4v) is 7.59. The van der Waals surface area contributed by atoms with E-state index in [4.69, 9.17) is 19.2 Å². The van der Waals surface area contributed by atoms with Gasteiger partial charge in [0.15, 0.2) is 5.13 Å². The number of ether oxygens (including phenoxy) is 3. The number of nitrogens with zero attached hydrogens (tertiary/aromatic N) is 3. The van der Waals surface area contributed by atoms with Gasteiger partial charge in [0, 0.05) is 25.3 Å². The van der Waals surface area contributed by atoms with Gasteiger partial charge in [-0.1, -0.05) is 24.2 Å². The van der Waals surface area contributed by atoms with Crippen LogP contribution in [-0.4, -0.2) is 70.2 Å². The van der Waals surface area contributed by atoms with Crippen LogP contribution in [0, 0.1) is 0 Å². The first-order valence-electron chi connectivity index (χ1n) is 13.0. The molecule has 1 amide bonds. The van der Waals surface area contributed by atoms with E-state index < -0.39 is 10.0 Å². The van der Waals surface area contributed by atoms with E-state index in [2.05, 4.69) is 0 Å². The smallest absolute Gasteiger partial charge is 0.260 e. The highest BCUT2D eigenvalue weighted by Crippen LogP contribution is 2.40. The van der Waals surface area contributed by atoms with E-state index in [1.807, 2.05) is 6.07 Å². The molecule has 2 saturated heterocycles. The molecule has 1 unspecified atom stereocenters. The summed E-state index contributed by atoms with van der Waals surface area (Å²) >= 11 is 1.35. The zero-order valence-electron chi connectivity index (χ0n) is 21.7. The minimum atomic E-state index is -3.60. The van der Waals surface area contributed by atoms with Crippen LogP contribution in [0.1, 0.15) is 48.9 Å². The van der Waals surface area contributed by atoms with E-state index in [1.165, 1.54) is 23.5 Å². The summed E-state index contributed by atoms with van der Waals surface area (Å²) in [7, 11) is -0.427. The molecule has 11 heteroatoms. The number of anilines is 1. The summed E-state index contributed by atoms with van der Waals surface area (Å²) in [5, 5.41) is 0.504. The Bertz CT molecular complexity index is 1330. The van der Waals surface area contributed by atoms with E-state index in [0.717, 1.165) is 43.2 Å². The molecule has 2 aromatic carbocycles. The van der Waals surface area contributed by atoms with Gasteiger partial charge in [-0.2, -0.15) is 4.31 Å². The van der Waals surface area contributed by atoms with Gasteiger partial charge in [0.1, 0.15) is 21.7 Å². The maximum atomic E-state index is 13.8. The predicted octanol–water partition coefficient (Wildman–Crippen LogP) is 4.70. The van der Waals surface area contributed by atoms with Crippen LogP contribution in [0.4, 0.5) is 5.13 Å². The van der Waals surface area contributed by atoms with Crippen molar-refractivity contribution in [2.24, 2.45) is 0 Å². The van der Waals surface area contributed by atoms with Crippen molar-refractivity contribution in [1.82, 2.24) is 9.29 Å². The molecule has 1 aromatic heterocycles. The van der Waals surface area contributed by atoms with Crippen molar-refractivity contribution in [3.63, 3.8) is 0 Å². The quantitative estimate of drug-likeness (QED) is 0.394. The maximum Gasteiger partial charge on any atom is 0.260 e. The van der Waals surface area contributed by atoms with Crippen LogP contribution in [0.3, 0.4) is 0 Å². The highest BCUT2D eigenvalue weighted by molar-refractivity contribution is 7.89. The lowest BCUT2D eigenvalue weighted by molar-refractivity contribution is 0.0917. The molecule has 5 rings (SSSR count). The molecule has 3 aromatic rings. The van der Waals surface area contributed by atoms with Crippen molar-refractivity contribution in [3.8, 4) is 11.5 Å². The lowest BCUT2D eigenvalue weighted by atomic mass is 10.2. The van der Waals surface area contributed by atoms with E-state index in [0.29, 0.717) is 54.0 Å². The van der Waals surface area contributed by atoms with Crippen molar-refractivity contribution in [1.29, 1.82) is 0 Å². The van der Waals surface area contributed by atoms with Crippen molar-refractivity contribution in [2.75, 3.05) is 45.4 Å². The molecular formula is C27H33N3O6S2. The Kier molecular flexibility index (Phi) is 8.18. The zero-order valence-corrected chi connectivity index (χ0v) is 23.4. The molecule has 2 aliphatic rings. The number of hydrogen-bond donors (Lipinski definition) is 0. The van der Waals surface area contributed by atoms with E-state index >= 15 is 0 Å². The van der Waals surface area contributed by atoms with Gasteiger partial charge in [-0.05, 0) is 62.1 Å². The Morgan fingerprint density at radius 3 is 2.34 bits per heavy atom. The topological polar surface area (TPSA) is 98.3 Å². The molecule has 204 valence electrons. The third-order valence-electron chi connectivity index (χ3n) is 7.09. The normalized spacial score (nSPS) is 18.8. The van der Waals surface area contributed by atoms with Crippen molar-refractivity contribution >= 4 is 42.6 Å². The van der Waals surface area contributed by atoms with Gasteiger partial charge in [-0.15, -0.1) is 0 Å². The second-order valence-electron chi connectivity index (χ2n) is 9.54. The summed E-state index contributed by atoms with van der Waals surface area (Å²) in [5.74, 6) is 0.976. The van der Waals surface area contributed by atoms with Crippen LogP contribution in [0.15, 0.2) is 41.3 Å². The first-order chi connectivity index (χ1) is 18.4. The van der Waals surface area contributed by atoms with Crippen molar-refractivity contribution in [3.05, 3.63) is 42.0 Å². The monoisotopic (exact) mass is 559 g/mol. The average molecular weight is 560 g/mol. The Labute approximate surface area is 227 Å². The predicted molar refractivity (Wildman–Crippen MR) is 147 cm³/mol. The number of benzene rings is 2. The summed E-state index contributed by atoms with van der Waals surface area (Å²) in [5.41, 5.74) is 1.01. The first kappa shape index (κ1) is 26.9. The van der Waals surface area contributed by atoms with Gasteiger partial charge in [-0.3, -0.25) is 9.69 Å². The molecule has 3 heterocycles. The molecule has 38 heavy (non-hydrogen) atoms. The van der Waals surface area contributed by atoms with Gasteiger partial charge in [0.05, 0.1) is 31.8 Å². The number of aromatic nitrogens is 1. The number of hydrogen-bond acceptors (Lipinski definition) is 8. The SMILES string of the molecule is COc1ccc(OC)c2sc(N(CC3CCCO3)C(=O)c3ccc(S(=O)(=O)N4CCCCCC4)cc3)nc12. The van der Waals surface area contributed by atoms with Gasteiger partial charge < -0.3 is 14.2 Å². The molecule has 0 saturated carbocycles. The summed E-state index contributed by atoms with van der Waals surface area (Å²) in [6.07, 6.45) is 5.52. The van der Waals surface area contributed by atoms with Gasteiger partial charge in [-0.25, -0.2) is 13.4 Å². The fraction of sp³-hybridized carbons (Fsp3) is 0.481. The third kappa shape index (κ3) is 5.38.